The molecule has 156 valence electrons. The summed E-state index contributed by atoms with van der Waals surface area (Å²) in [4.78, 5) is 33.3. The molecule has 1 saturated heterocycles. The molecule has 6 rings (SSSR count). The Labute approximate surface area is 182 Å². The summed E-state index contributed by atoms with van der Waals surface area (Å²) in [6, 6.07) is 7.34. The molecule has 2 amide bonds. The van der Waals surface area contributed by atoms with Crippen LogP contribution in [0.2, 0.25) is 10.0 Å². The number of carbonyl (C=O) groups is 2. The minimum atomic E-state index is -0.791. The number of hydrogen-bond acceptors (Lipinski definition) is 4. The van der Waals surface area contributed by atoms with E-state index in [9.17, 15) is 19.1 Å². The number of carbonyl (C=O) groups excluding carboxylic acids is 2. The van der Waals surface area contributed by atoms with Crippen molar-refractivity contribution in [2.24, 2.45) is 5.41 Å². The van der Waals surface area contributed by atoms with E-state index in [2.05, 4.69) is 4.98 Å². The standard InChI is InChI=1S/C21H18Cl2FN3O3/c22-13-3-1-12(2-4-13)7-26-16(28)8-27(18-15(24)5-14(23)6-25-18)19(29)17(26)20-9-21(30,10-20)11-20/h1-6,17,30H,7-11H2/t17-,20?,21?/m1/s1. The molecule has 3 saturated carbocycles. The van der Waals surface area contributed by atoms with Gasteiger partial charge in [0.1, 0.15) is 12.6 Å². The highest BCUT2D eigenvalue weighted by Gasteiger charge is 2.73. The zero-order chi connectivity index (χ0) is 21.3. The Bertz CT molecular complexity index is 1040. The minimum absolute atomic E-state index is 0.106. The summed E-state index contributed by atoms with van der Waals surface area (Å²) in [5.41, 5.74) is -0.406. The van der Waals surface area contributed by atoms with Gasteiger partial charge in [0.15, 0.2) is 11.6 Å². The van der Waals surface area contributed by atoms with Crippen LogP contribution in [0.3, 0.4) is 0 Å². The molecule has 1 atom stereocenters. The molecule has 4 aliphatic rings. The van der Waals surface area contributed by atoms with E-state index in [0.717, 1.165) is 16.5 Å². The summed E-state index contributed by atoms with van der Waals surface area (Å²) in [6.07, 6.45) is 2.60. The molecule has 2 heterocycles. The predicted molar refractivity (Wildman–Crippen MR) is 109 cm³/mol. The van der Waals surface area contributed by atoms with Crippen LogP contribution in [0.15, 0.2) is 36.5 Å². The SMILES string of the molecule is O=C1[C@H](C23CC(O)(C2)C3)N(Cc2ccc(Cl)cc2)C(=O)CN1c1ncc(Cl)cc1F. The van der Waals surface area contributed by atoms with Gasteiger partial charge < -0.3 is 10.0 Å². The first-order valence-corrected chi connectivity index (χ1v) is 10.3. The Kier molecular flexibility index (Phi) is 4.36. The fourth-order valence-corrected chi connectivity index (χ4v) is 5.44. The van der Waals surface area contributed by atoms with E-state index in [1.165, 1.54) is 6.20 Å². The Morgan fingerprint density at radius 2 is 1.80 bits per heavy atom. The van der Waals surface area contributed by atoms with Crippen molar-refractivity contribution in [3.63, 3.8) is 0 Å². The first kappa shape index (κ1) is 19.7. The molecule has 1 aromatic heterocycles. The van der Waals surface area contributed by atoms with Crippen molar-refractivity contribution >= 4 is 40.8 Å². The maximum atomic E-state index is 14.5. The number of piperazine rings is 1. The number of halogens is 3. The largest absolute Gasteiger partial charge is 0.390 e. The summed E-state index contributed by atoms with van der Waals surface area (Å²) >= 11 is 11.7. The monoisotopic (exact) mass is 449 g/mol. The van der Waals surface area contributed by atoms with Gasteiger partial charge in [-0.1, -0.05) is 35.3 Å². The molecular weight excluding hydrogens is 432 g/mol. The quantitative estimate of drug-likeness (QED) is 0.777. The highest BCUT2D eigenvalue weighted by molar-refractivity contribution is 6.30. The second kappa shape index (κ2) is 6.64. The van der Waals surface area contributed by atoms with Crippen LogP contribution in [0.25, 0.3) is 0 Å². The minimum Gasteiger partial charge on any atom is -0.390 e. The van der Waals surface area contributed by atoms with E-state index in [1.54, 1.807) is 29.2 Å². The highest BCUT2D eigenvalue weighted by atomic mass is 35.5. The van der Waals surface area contributed by atoms with E-state index in [0.29, 0.717) is 24.3 Å². The van der Waals surface area contributed by atoms with Gasteiger partial charge >= 0.3 is 0 Å². The third-order valence-electron chi connectivity index (χ3n) is 6.36. The number of rotatable bonds is 4. The molecule has 0 radical (unpaired) electrons. The molecule has 30 heavy (non-hydrogen) atoms. The van der Waals surface area contributed by atoms with Crippen LogP contribution in [0, 0.1) is 11.2 Å². The normalized spacial score (nSPS) is 30.2. The molecule has 1 aliphatic heterocycles. The van der Waals surface area contributed by atoms with E-state index in [1.807, 2.05) is 0 Å². The smallest absolute Gasteiger partial charge is 0.252 e. The third kappa shape index (κ3) is 2.99. The third-order valence-corrected chi connectivity index (χ3v) is 6.82. The molecule has 0 unspecified atom stereocenters. The molecule has 6 nitrogen and oxygen atoms in total. The molecule has 1 N–H and O–H groups in total. The molecule has 9 heteroatoms. The number of benzene rings is 1. The number of aliphatic hydroxyl groups is 1. The first-order valence-electron chi connectivity index (χ1n) is 9.59. The molecular formula is C21H18Cl2FN3O3. The van der Waals surface area contributed by atoms with Crippen molar-refractivity contribution in [3.8, 4) is 0 Å². The van der Waals surface area contributed by atoms with Gasteiger partial charge in [-0.05, 0) is 43.0 Å². The van der Waals surface area contributed by atoms with Crippen molar-refractivity contribution < 1.29 is 19.1 Å². The molecule has 3 aliphatic carbocycles. The van der Waals surface area contributed by atoms with Crippen molar-refractivity contribution in [2.45, 2.75) is 37.5 Å². The second-order valence-corrected chi connectivity index (χ2v) is 9.42. The van der Waals surface area contributed by atoms with Crippen LogP contribution in [0.1, 0.15) is 24.8 Å². The van der Waals surface area contributed by atoms with E-state index in [-0.39, 0.29) is 35.7 Å². The second-order valence-electron chi connectivity index (χ2n) is 8.55. The fraction of sp³-hybridized carbons (Fsp3) is 0.381. The molecule has 2 aromatic rings. The van der Waals surface area contributed by atoms with Crippen LogP contribution < -0.4 is 4.90 Å². The predicted octanol–water partition coefficient (Wildman–Crippen LogP) is 3.19. The number of pyridine rings is 1. The van der Waals surface area contributed by atoms with Crippen LogP contribution >= 0.6 is 23.2 Å². The summed E-state index contributed by atoms with van der Waals surface area (Å²) in [6.45, 7) is -0.0776. The van der Waals surface area contributed by atoms with Gasteiger partial charge in [-0.15, -0.1) is 0 Å². The number of aromatic nitrogens is 1. The van der Waals surface area contributed by atoms with Crippen LogP contribution in [0.5, 0.6) is 0 Å². The van der Waals surface area contributed by atoms with Crippen molar-refractivity contribution in [1.82, 2.24) is 9.88 Å². The maximum Gasteiger partial charge on any atom is 0.252 e. The van der Waals surface area contributed by atoms with Crippen LogP contribution in [0.4, 0.5) is 10.2 Å². The zero-order valence-electron chi connectivity index (χ0n) is 15.8. The van der Waals surface area contributed by atoms with Gasteiger partial charge in [0.2, 0.25) is 5.91 Å². The lowest BCUT2D eigenvalue weighted by Crippen LogP contribution is -2.78. The highest BCUT2D eigenvalue weighted by Crippen LogP contribution is 2.70. The van der Waals surface area contributed by atoms with Crippen molar-refractivity contribution in [1.29, 1.82) is 0 Å². The van der Waals surface area contributed by atoms with Crippen LogP contribution in [-0.2, 0) is 16.1 Å². The van der Waals surface area contributed by atoms with Gasteiger partial charge in [0.25, 0.3) is 5.91 Å². The Hall–Kier alpha value is -2.22. The van der Waals surface area contributed by atoms with E-state index in [4.69, 9.17) is 23.2 Å². The lowest BCUT2D eigenvalue weighted by atomic mass is 9.38. The number of hydrogen-bond donors (Lipinski definition) is 1. The van der Waals surface area contributed by atoms with E-state index < -0.39 is 22.9 Å². The molecule has 4 fully saturated rings. The molecule has 2 bridgehead atoms. The van der Waals surface area contributed by atoms with Crippen LogP contribution in [-0.4, -0.2) is 45.0 Å². The molecule has 0 spiro atoms. The van der Waals surface area contributed by atoms with Gasteiger partial charge in [-0.25, -0.2) is 9.37 Å². The Balaban J connectivity index is 1.50. The summed E-state index contributed by atoms with van der Waals surface area (Å²) < 4.78 is 14.5. The number of amides is 2. The average molecular weight is 450 g/mol. The maximum absolute atomic E-state index is 14.5. The summed E-state index contributed by atoms with van der Waals surface area (Å²) in [5, 5.41) is 10.9. The Morgan fingerprint density at radius 1 is 1.13 bits per heavy atom. The van der Waals surface area contributed by atoms with Gasteiger partial charge in [0.05, 0.1) is 10.6 Å². The van der Waals surface area contributed by atoms with Crippen molar-refractivity contribution in [3.05, 3.63) is 58.0 Å². The lowest BCUT2D eigenvalue weighted by molar-refractivity contribution is -0.280. The van der Waals surface area contributed by atoms with Gasteiger partial charge in [-0.3, -0.25) is 14.5 Å². The van der Waals surface area contributed by atoms with Crippen molar-refractivity contribution in [2.75, 3.05) is 11.4 Å². The fourth-order valence-electron chi connectivity index (χ4n) is 5.17. The molecule has 1 aromatic carbocycles. The zero-order valence-corrected chi connectivity index (χ0v) is 17.3. The topological polar surface area (TPSA) is 73.7 Å². The summed E-state index contributed by atoms with van der Waals surface area (Å²) in [5.74, 6) is -1.66. The average Bonchev–Trinajstić information content (AvgIpc) is 2.64. The Morgan fingerprint density at radius 3 is 2.40 bits per heavy atom. The van der Waals surface area contributed by atoms with Gasteiger partial charge in [0, 0.05) is 23.2 Å². The first-order chi connectivity index (χ1) is 14.2. The number of nitrogens with zero attached hydrogens (tertiary/aromatic N) is 3. The van der Waals surface area contributed by atoms with E-state index >= 15 is 0 Å². The van der Waals surface area contributed by atoms with Gasteiger partial charge in [-0.2, -0.15) is 0 Å². The lowest BCUT2D eigenvalue weighted by Gasteiger charge is -2.71. The number of anilines is 1. The summed E-state index contributed by atoms with van der Waals surface area (Å²) in [7, 11) is 0.